The normalized spacial score (nSPS) is 24.1. The first-order valence-electron chi connectivity index (χ1n) is 10.8. The number of hydrogen-bond acceptors (Lipinski definition) is 6. The number of nitrogens with zero attached hydrogens (tertiary/aromatic N) is 4. The highest BCUT2D eigenvalue weighted by molar-refractivity contribution is 8.26. The number of carbonyl (C=O) groups is 1. The molecule has 8 heteroatoms. The first-order chi connectivity index (χ1) is 14.6. The van der Waals surface area contributed by atoms with Crippen LogP contribution in [0.2, 0.25) is 0 Å². The van der Waals surface area contributed by atoms with Gasteiger partial charge in [0.05, 0.1) is 4.91 Å². The molecule has 3 heterocycles. The summed E-state index contributed by atoms with van der Waals surface area (Å²) in [6.45, 7) is 11.9. The second kappa shape index (κ2) is 9.17. The van der Waals surface area contributed by atoms with Gasteiger partial charge in [0.15, 0.2) is 0 Å². The van der Waals surface area contributed by atoms with Crippen molar-refractivity contribution in [2.75, 3.05) is 18.0 Å². The van der Waals surface area contributed by atoms with Crippen LogP contribution >= 0.6 is 24.0 Å². The van der Waals surface area contributed by atoms with Gasteiger partial charge in [0.1, 0.15) is 21.8 Å². The first-order valence-corrected chi connectivity index (χ1v) is 12.0. The lowest BCUT2D eigenvalue weighted by Gasteiger charge is -2.38. The summed E-state index contributed by atoms with van der Waals surface area (Å²) in [6.07, 6.45) is 3.78. The van der Waals surface area contributed by atoms with E-state index < -0.39 is 0 Å². The summed E-state index contributed by atoms with van der Waals surface area (Å²) in [5.74, 6) is 1.65. The number of rotatable bonds is 4. The Morgan fingerprint density at radius 1 is 1.29 bits per heavy atom. The molecule has 0 N–H and O–H groups in total. The quantitative estimate of drug-likeness (QED) is 0.501. The number of piperidine rings is 1. The summed E-state index contributed by atoms with van der Waals surface area (Å²) in [4.78, 5) is 30.5. The topological polar surface area (TPSA) is 69.3 Å². The van der Waals surface area contributed by atoms with Crippen molar-refractivity contribution in [1.82, 2.24) is 9.47 Å². The molecule has 31 heavy (non-hydrogen) atoms. The average molecular weight is 459 g/mol. The summed E-state index contributed by atoms with van der Waals surface area (Å²) in [6, 6.07) is 2.09. The van der Waals surface area contributed by atoms with Crippen LogP contribution in [0, 0.1) is 30.1 Å². The van der Waals surface area contributed by atoms with Gasteiger partial charge in [-0.2, -0.15) is 5.26 Å². The highest BCUT2D eigenvalue weighted by Gasteiger charge is 2.36. The summed E-state index contributed by atoms with van der Waals surface area (Å²) in [7, 11) is 1.71. The molecule has 1 aromatic rings. The first kappa shape index (κ1) is 23.6. The summed E-state index contributed by atoms with van der Waals surface area (Å²) < 4.78 is 2.12. The van der Waals surface area contributed by atoms with Crippen LogP contribution in [0.1, 0.15) is 57.2 Å². The van der Waals surface area contributed by atoms with E-state index in [0.29, 0.717) is 26.6 Å². The van der Waals surface area contributed by atoms with E-state index in [0.717, 1.165) is 37.3 Å². The van der Waals surface area contributed by atoms with Crippen molar-refractivity contribution in [2.45, 2.75) is 53.5 Å². The van der Waals surface area contributed by atoms with Crippen LogP contribution in [-0.2, 0) is 11.8 Å². The van der Waals surface area contributed by atoms with Crippen LogP contribution in [0.4, 0.5) is 5.82 Å². The van der Waals surface area contributed by atoms with Gasteiger partial charge in [0.2, 0.25) is 0 Å². The van der Waals surface area contributed by atoms with E-state index in [2.05, 4.69) is 24.8 Å². The van der Waals surface area contributed by atoms with Crippen molar-refractivity contribution in [3.05, 3.63) is 31.9 Å². The van der Waals surface area contributed by atoms with E-state index in [4.69, 9.17) is 12.2 Å². The largest absolute Gasteiger partial charge is 0.357 e. The number of nitriles is 1. The Morgan fingerprint density at radius 2 is 1.90 bits per heavy atom. The van der Waals surface area contributed by atoms with E-state index in [1.165, 1.54) is 11.8 Å². The van der Waals surface area contributed by atoms with Crippen molar-refractivity contribution in [1.29, 1.82) is 5.26 Å². The lowest BCUT2D eigenvalue weighted by atomic mass is 9.91. The van der Waals surface area contributed by atoms with Crippen molar-refractivity contribution in [3.63, 3.8) is 0 Å². The molecule has 0 radical (unpaired) electrons. The molecule has 6 nitrogen and oxygen atoms in total. The second-order valence-corrected chi connectivity index (χ2v) is 10.5. The van der Waals surface area contributed by atoms with Crippen molar-refractivity contribution < 1.29 is 4.79 Å². The molecule has 0 aliphatic carbocycles. The van der Waals surface area contributed by atoms with Crippen LogP contribution in [0.3, 0.4) is 0 Å². The van der Waals surface area contributed by atoms with Crippen molar-refractivity contribution >= 4 is 46.1 Å². The molecular weight excluding hydrogens is 428 g/mol. The maximum absolute atomic E-state index is 13.1. The van der Waals surface area contributed by atoms with E-state index in [9.17, 15) is 14.9 Å². The highest BCUT2D eigenvalue weighted by atomic mass is 32.2. The van der Waals surface area contributed by atoms with Crippen LogP contribution < -0.4 is 10.5 Å². The predicted molar refractivity (Wildman–Crippen MR) is 131 cm³/mol. The van der Waals surface area contributed by atoms with E-state index in [-0.39, 0.29) is 23.1 Å². The number of thioether (sulfide) groups is 1. The van der Waals surface area contributed by atoms with Crippen LogP contribution in [0.5, 0.6) is 0 Å². The molecule has 1 amide bonds. The van der Waals surface area contributed by atoms with Gasteiger partial charge in [-0.1, -0.05) is 44.8 Å². The van der Waals surface area contributed by atoms with Gasteiger partial charge in [-0.05, 0) is 50.2 Å². The number of aromatic nitrogens is 1. The molecule has 3 rings (SSSR count). The highest BCUT2D eigenvalue weighted by Crippen LogP contribution is 2.38. The second-order valence-electron chi connectivity index (χ2n) is 8.87. The number of pyridine rings is 1. The monoisotopic (exact) mass is 458 g/mol. The third kappa shape index (κ3) is 4.31. The number of carbonyl (C=O) groups excluding carboxylic acids is 1. The third-order valence-corrected chi connectivity index (χ3v) is 7.60. The Kier molecular flexibility index (Phi) is 6.97. The minimum Gasteiger partial charge on any atom is -0.357 e. The van der Waals surface area contributed by atoms with Gasteiger partial charge < -0.3 is 4.90 Å². The van der Waals surface area contributed by atoms with Gasteiger partial charge in [-0.25, -0.2) is 0 Å². The summed E-state index contributed by atoms with van der Waals surface area (Å²) >= 11 is 6.77. The molecule has 2 aliphatic rings. The average Bonchev–Trinajstić information content (AvgIpc) is 2.98. The number of hydrogen-bond donors (Lipinski definition) is 0. The Balaban J connectivity index is 2.20. The van der Waals surface area contributed by atoms with E-state index >= 15 is 0 Å². The molecule has 1 aromatic heterocycles. The molecule has 166 valence electrons. The standard InChI is InChI=1S/C23H30N4O2S2/c1-7-15(4)27-22(29)19(31-23(27)30)9-17-16(5)18(10-24)21(28)25(6)20(17)26-11-13(2)8-14(3)12-26/h9,13-15H,7-8,11-12H2,1-6H3/b19-9+. The zero-order valence-corrected chi connectivity index (χ0v) is 20.7. The molecule has 3 atom stereocenters. The van der Waals surface area contributed by atoms with Gasteiger partial charge in [-0.15, -0.1) is 0 Å². The fourth-order valence-electron chi connectivity index (χ4n) is 4.60. The molecule has 2 aliphatic heterocycles. The fourth-order valence-corrected chi connectivity index (χ4v) is 6.05. The summed E-state index contributed by atoms with van der Waals surface area (Å²) in [5.41, 5.74) is 1.18. The molecule has 0 saturated carbocycles. The number of anilines is 1. The van der Waals surface area contributed by atoms with Gasteiger partial charge >= 0.3 is 0 Å². The van der Waals surface area contributed by atoms with Crippen LogP contribution in [-0.4, -0.2) is 38.8 Å². The molecule has 0 bridgehead atoms. The van der Waals surface area contributed by atoms with Gasteiger partial charge in [0.25, 0.3) is 11.5 Å². The lowest BCUT2D eigenvalue weighted by Crippen LogP contribution is -2.42. The fraction of sp³-hybridized carbons (Fsp3) is 0.565. The maximum Gasteiger partial charge on any atom is 0.270 e. The Morgan fingerprint density at radius 3 is 2.45 bits per heavy atom. The zero-order chi connectivity index (χ0) is 23.0. The van der Waals surface area contributed by atoms with Gasteiger partial charge in [0, 0.05) is 31.7 Å². The number of amides is 1. The Bertz CT molecular complexity index is 1040. The Hall–Kier alpha value is -2.11. The zero-order valence-electron chi connectivity index (χ0n) is 19.1. The van der Waals surface area contributed by atoms with E-state index in [1.807, 2.05) is 19.9 Å². The minimum atomic E-state index is -0.301. The molecule has 0 aromatic carbocycles. The van der Waals surface area contributed by atoms with Crippen molar-refractivity contribution in [3.8, 4) is 6.07 Å². The van der Waals surface area contributed by atoms with Crippen LogP contribution in [0.25, 0.3) is 6.08 Å². The SMILES string of the molecule is CCC(C)N1C(=O)/C(=C\c2c(C)c(C#N)c(=O)n(C)c2N2CC(C)CC(C)C2)SC1=S. The molecular formula is C23H30N4O2S2. The maximum atomic E-state index is 13.1. The third-order valence-electron chi connectivity index (χ3n) is 6.27. The molecule has 2 saturated heterocycles. The molecule has 0 spiro atoms. The predicted octanol–water partition coefficient (Wildman–Crippen LogP) is 4.05. The minimum absolute atomic E-state index is 0.0255. The van der Waals surface area contributed by atoms with Gasteiger partial charge in [-0.3, -0.25) is 19.1 Å². The summed E-state index contributed by atoms with van der Waals surface area (Å²) in [5, 5.41) is 9.64. The molecule has 2 fully saturated rings. The smallest absolute Gasteiger partial charge is 0.270 e. The molecule has 3 unspecified atom stereocenters. The number of thiocarbonyl (C=S) groups is 1. The van der Waals surface area contributed by atoms with E-state index in [1.54, 1.807) is 23.4 Å². The van der Waals surface area contributed by atoms with Crippen molar-refractivity contribution in [2.24, 2.45) is 18.9 Å². The Labute approximate surface area is 193 Å². The lowest BCUT2D eigenvalue weighted by molar-refractivity contribution is -0.123. The van der Waals surface area contributed by atoms with Crippen LogP contribution in [0.15, 0.2) is 9.70 Å².